The van der Waals surface area contributed by atoms with E-state index in [1.54, 1.807) is 0 Å². The number of halogens is 1. The Hall–Kier alpha value is -3.42. The molecule has 10 nitrogen and oxygen atoms in total. The first-order chi connectivity index (χ1) is 28.9. The fourth-order valence-electron chi connectivity index (χ4n) is 9.76. The molecule has 0 spiro atoms. The van der Waals surface area contributed by atoms with Gasteiger partial charge in [0.15, 0.2) is 11.3 Å². The van der Waals surface area contributed by atoms with Crippen molar-refractivity contribution in [3.05, 3.63) is 94.3 Å². The van der Waals surface area contributed by atoms with Crippen LogP contribution in [0.3, 0.4) is 0 Å². The molecular weight excluding hydrogens is 839 g/mol. The lowest BCUT2D eigenvalue weighted by atomic mass is 9.75. The largest absolute Gasteiger partial charge is 0.490 e. The third-order valence-electron chi connectivity index (χ3n) is 14.4. The van der Waals surface area contributed by atoms with Gasteiger partial charge in [0.25, 0.3) is 0 Å². The van der Waals surface area contributed by atoms with Crippen molar-refractivity contribution in [1.29, 1.82) is 0 Å². The van der Waals surface area contributed by atoms with E-state index in [4.69, 9.17) is 33.7 Å². The fraction of sp³-hybridized carbons (Fsp3) is 0.600. The normalized spacial score (nSPS) is 26.0. The van der Waals surface area contributed by atoms with E-state index in [1.807, 2.05) is 12.4 Å². The molecule has 0 atom stereocenters. The summed E-state index contributed by atoms with van der Waals surface area (Å²) in [6.45, 7) is 16.0. The number of aromatic nitrogens is 6. The summed E-state index contributed by atoms with van der Waals surface area (Å²) in [4.78, 5) is 19.0. The van der Waals surface area contributed by atoms with Crippen molar-refractivity contribution in [2.24, 2.45) is 11.8 Å². The number of nitrogens with zero attached hydrogens (tertiary/aromatic N) is 6. The zero-order chi connectivity index (χ0) is 41.6. The molecule has 7 heterocycles. The van der Waals surface area contributed by atoms with E-state index in [0.717, 1.165) is 78.8 Å². The zero-order valence-electron chi connectivity index (χ0n) is 36.5. The third kappa shape index (κ3) is 9.51. The van der Waals surface area contributed by atoms with Gasteiger partial charge in [0.1, 0.15) is 0 Å². The summed E-state index contributed by atoms with van der Waals surface area (Å²) in [5, 5.41) is 0. The number of ether oxygens (including phenoxy) is 2. The van der Waals surface area contributed by atoms with E-state index in [-0.39, 0.29) is 33.2 Å². The SMILES string of the molecule is C.C.CC1(C)OB(C2=CCOCC2)OC1(C)C.CC1CCC(c2cn3c4c(ncc3n2)CC=C4Br)CC1.CC1CCC(c2cn3c4c(ncc3n2)CC=C4C2=CCOCC2)CC1. The molecule has 0 amide bonds. The minimum Gasteiger partial charge on any atom is -0.400 e. The second-order valence-corrected chi connectivity index (χ2v) is 20.0. The molecular formula is C50H70BBrN6O4. The summed E-state index contributed by atoms with van der Waals surface area (Å²) in [7, 11) is -0.182. The molecule has 0 N–H and O–H groups in total. The molecule has 62 heavy (non-hydrogen) atoms. The van der Waals surface area contributed by atoms with E-state index in [0.29, 0.717) is 18.4 Å². The molecule has 4 aliphatic carbocycles. The fourth-order valence-corrected chi connectivity index (χ4v) is 10.3. The topological polar surface area (TPSA) is 97.3 Å². The van der Waals surface area contributed by atoms with Gasteiger partial charge in [-0.15, -0.1) is 0 Å². The summed E-state index contributed by atoms with van der Waals surface area (Å²) >= 11 is 3.64. The van der Waals surface area contributed by atoms with Crippen molar-refractivity contribution in [2.45, 2.75) is 156 Å². The molecule has 3 fully saturated rings. The molecule has 2 saturated carbocycles. The lowest BCUT2D eigenvalue weighted by Crippen LogP contribution is -2.41. The standard InChI is InChI=1S/C21H25N3O.C16H18BrN3.C11H19BO3.2CH4/c1-14-2-4-16(5-3-14)19-13-24-20(23-19)12-22-18-7-6-17(21(18)24)15-8-10-25-11-9-15;1-10-2-4-11(5-3-10)14-9-20-15(19-14)8-18-13-7-6-12(17)16(13)20;1-10(2)11(3,4)15-12(14-10)9-5-7-13-8-6-9;;/h6,8,12-14,16H,2-5,7,9-11H2,1H3;6,8-11H,2-5,7H2,1H3;5H,6-8H2,1-4H3;2*1H4. The molecule has 12 heteroatoms. The van der Waals surface area contributed by atoms with Crippen molar-refractivity contribution in [2.75, 3.05) is 26.4 Å². The van der Waals surface area contributed by atoms with Gasteiger partial charge >= 0.3 is 7.12 Å². The van der Waals surface area contributed by atoms with Gasteiger partial charge in [-0.2, -0.15) is 0 Å². The second-order valence-electron chi connectivity index (χ2n) is 19.1. The van der Waals surface area contributed by atoms with Crippen LogP contribution in [0.1, 0.15) is 167 Å². The van der Waals surface area contributed by atoms with E-state index in [2.05, 4.69) is 108 Å². The van der Waals surface area contributed by atoms with Crippen molar-refractivity contribution in [1.82, 2.24) is 28.7 Å². The van der Waals surface area contributed by atoms with Crippen LogP contribution >= 0.6 is 15.9 Å². The van der Waals surface area contributed by atoms with Crippen LogP contribution in [0.15, 0.2) is 60.1 Å². The van der Waals surface area contributed by atoms with Crippen LogP contribution in [0, 0.1) is 11.8 Å². The number of hydrogen-bond donors (Lipinski definition) is 0. The maximum Gasteiger partial charge on any atom is 0.490 e. The third-order valence-corrected chi connectivity index (χ3v) is 15.1. The predicted molar refractivity (Wildman–Crippen MR) is 256 cm³/mol. The minimum absolute atomic E-state index is 0. The average molecular weight is 910 g/mol. The predicted octanol–water partition coefficient (Wildman–Crippen LogP) is 11.9. The van der Waals surface area contributed by atoms with Crippen LogP contribution in [0.2, 0.25) is 0 Å². The highest BCUT2D eigenvalue weighted by molar-refractivity contribution is 9.15. The molecule has 334 valence electrons. The van der Waals surface area contributed by atoms with Crippen LogP contribution < -0.4 is 0 Å². The molecule has 3 aliphatic heterocycles. The van der Waals surface area contributed by atoms with E-state index in [1.165, 1.54) is 96.5 Å². The minimum atomic E-state index is -0.239. The summed E-state index contributed by atoms with van der Waals surface area (Å²) in [6.07, 6.45) is 31.3. The van der Waals surface area contributed by atoms with E-state index in [9.17, 15) is 0 Å². The molecule has 1 saturated heterocycles. The summed E-state index contributed by atoms with van der Waals surface area (Å²) in [5.74, 6) is 2.99. The Labute approximate surface area is 379 Å². The molecule has 0 bridgehead atoms. The first kappa shape index (κ1) is 46.6. The molecule has 7 aliphatic rings. The van der Waals surface area contributed by atoms with Gasteiger partial charge in [0.05, 0.1) is 84.2 Å². The van der Waals surface area contributed by atoms with Gasteiger partial charge in [-0.1, -0.05) is 78.7 Å². The lowest BCUT2D eigenvalue weighted by molar-refractivity contribution is 0.00578. The van der Waals surface area contributed by atoms with E-state index < -0.39 is 0 Å². The number of allylic oxidation sites excluding steroid dienone is 3. The van der Waals surface area contributed by atoms with Gasteiger partial charge in [0.2, 0.25) is 0 Å². The van der Waals surface area contributed by atoms with Crippen LogP contribution in [-0.2, 0) is 31.6 Å². The maximum atomic E-state index is 5.96. The monoisotopic (exact) mass is 908 g/mol. The highest BCUT2D eigenvalue weighted by Gasteiger charge is 2.52. The molecule has 0 radical (unpaired) electrons. The molecule has 0 unspecified atom stereocenters. The molecule has 4 aromatic heterocycles. The van der Waals surface area contributed by atoms with Crippen LogP contribution in [0.4, 0.5) is 0 Å². The van der Waals surface area contributed by atoms with Gasteiger partial charge < -0.3 is 18.8 Å². The Morgan fingerprint density at radius 3 is 1.66 bits per heavy atom. The lowest BCUT2D eigenvalue weighted by Gasteiger charge is -2.32. The Bertz CT molecular complexity index is 2330. The number of fused-ring (bicyclic) bond motifs is 6. The van der Waals surface area contributed by atoms with Gasteiger partial charge in [-0.25, -0.2) is 9.97 Å². The summed E-state index contributed by atoms with van der Waals surface area (Å²) in [5.41, 5.74) is 12.7. The van der Waals surface area contributed by atoms with Gasteiger partial charge in [-0.05, 0) is 111 Å². The first-order valence-corrected chi connectivity index (χ1v) is 23.4. The maximum absolute atomic E-state index is 5.96. The highest BCUT2D eigenvalue weighted by atomic mass is 79.9. The van der Waals surface area contributed by atoms with E-state index >= 15 is 0 Å². The Morgan fingerprint density at radius 2 is 1.15 bits per heavy atom. The van der Waals surface area contributed by atoms with Crippen molar-refractivity contribution >= 4 is 44.4 Å². The van der Waals surface area contributed by atoms with Crippen molar-refractivity contribution in [3.63, 3.8) is 0 Å². The smallest absolute Gasteiger partial charge is 0.400 e. The molecule has 4 aromatic rings. The molecule has 11 rings (SSSR count). The quantitative estimate of drug-likeness (QED) is 0.187. The van der Waals surface area contributed by atoms with Crippen LogP contribution in [0.25, 0.3) is 21.3 Å². The van der Waals surface area contributed by atoms with Gasteiger partial charge in [0, 0.05) is 41.6 Å². The number of imidazole rings is 2. The Kier molecular flexibility index (Phi) is 14.5. The number of rotatable bonds is 4. The highest BCUT2D eigenvalue weighted by Crippen LogP contribution is 2.41. The van der Waals surface area contributed by atoms with Crippen molar-refractivity contribution < 1.29 is 18.8 Å². The summed E-state index contributed by atoms with van der Waals surface area (Å²) < 4.78 is 28.3. The van der Waals surface area contributed by atoms with Gasteiger partial charge in [-0.3, -0.25) is 18.8 Å². The Morgan fingerprint density at radius 1 is 0.645 bits per heavy atom. The number of hydrogen-bond acceptors (Lipinski definition) is 8. The summed E-state index contributed by atoms with van der Waals surface area (Å²) in [6, 6.07) is 0. The first-order valence-electron chi connectivity index (χ1n) is 22.6. The zero-order valence-corrected chi connectivity index (χ0v) is 38.1. The second kappa shape index (κ2) is 19.4. The Balaban J connectivity index is 0.000000142. The molecule has 0 aromatic carbocycles. The van der Waals surface area contributed by atoms with Crippen LogP contribution in [-0.4, -0.2) is 73.5 Å². The average Bonchev–Trinajstić information content (AvgIpc) is 4.09. The van der Waals surface area contributed by atoms with Crippen molar-refractivity contribution in [3.8, 4) is 0 Å². The van der Waals surface area contributed by atoms with Crippen LogP contribution in [0.5, 0.6) is 0 Å².